The molecule has 2 aliphatic rings. The fourth-order valence-corrected chi connectivity index (χ4v) is 5.68. The van der Waals surface area contributed by atoms with Gasteiger partial charge in [0, 0.05) is 34.6 Å². The number of hydrogen-bond acceptors (Lipinski definition) is 6. The lowest BCUT2D eigenvalue weighted by molar-refractivity contribution is -0.384. The highest BCUT2D eigenvalue weighted by Crippen LogP contribution is 2.46. The molecule has 1 aromatic heterocycles. The molecule has 6 rings (SSSR count). The van der Waals surface area contributed by atoms with Crippen LogP contribution in [0.5, 0.6) is 0 Å². The van der Waals surface area contributed by atoms with Crippen molar-refractivity contribution in [1.29, 1.82) is 0 Å². The highest BCUT2D eigenvalue weighted by atomic mass is 32.1. The van der Waals surface area contributed by atoms with Crippen LogP contribution >= 0.6 is 11.3 Å². The first-order valence-electron chi connectivity index (χ1n) is 10.9. The second kappa shape index (κ2) is 7.94. The minimum atomic E-state index is -0.388. The Morgan fingerprint density at radius 3 is 2.52 bits per heavy atom. The van der Waals surface area contributed by atoms with Gasteiger partial charge in [-0.1, -0.05) is 54.6 Å². The number of benzene rings is 3. The van der Waals surface area contributed by atoms with Crippen LogP contribution in [0, 0.1) is 16.0 Å². The number of nitro benzene ring substituents is 1. The molecule has 1 aliphatic heterocycles. The molecule has 0 amide bonds. The largest absolute Gasteiger partial charge is 0.269 e. The van der Waals surface area contributed by atoms with Crippen LogP contribution in [0.25, 0.3) is 11.3 Å². The zero-order valence-electron chi connectivity index (χ0n) is 17.7. The first kappa shape index (κ1) is 19.8. The van der Waals surface area contributed by atoms with Gasteiger partial charge in [0.15, 0.2) is 0 Å². The van der Waals surface area contributed by atoms with E-state index in [0.717, 1.165) is 34.9 Å². The lowest BCUT2D eigenvalue weighted by Gasteiger charge is -2.29. The number of thiazole rings is 1. The zero-order valence-corrected chi connectivity index (χ0v) is 18.5. The molecule has 0 saturated carbocycles. The summed E-state index contributed by atoms with van der Waals surface area (Å²) in [6.07, 6.45) is 2.09. The van der Waals surface area contributed by atoms with Gasteiger partial charge in [0.25, 0.3) is 5.69 Å². The Kier molecular flexibility index (Phi) is 4.77. The number of nitro groups is 1. The lowest BCUT2D eigenvalue weighted by atomic mass is 9.77. The van der Waals surface area contributed by atoms with Crippen LogP contribution in [0.2, 0.25) is 0 Å². The van der Waals surface area contributed by atoms with E-state index in [9.17, 15) is 10.1 Å². The molecule has 0 bridgehead atoms. The predicted octanol–water partition coefficient (Wildman–Crippen LogP) is 6.25. The predicted molar refractivity (Wildman–Crippen MR) is 131 cm³/mol. The van der Waals surface area contributed by atoms with Gasteiger partial charge in [-0.3, -0.25) is 10.1 Å². The van der Waals surface area contributed by atoms with Crippen molar-refractivity contribution >= 4 is 27.9 Å². The van der Waals surface area contributed by atoms with Crippen molar-refractivity contribution in [2.24, 2.45) is 11.0 Å². The normalized spacial score (nSPS) is 19.0. The van der Waals surface area contributed by atoms with Crippen LogP contribution in [-0.2, 0) is 6.42 Å². The van der Waals surface area contributed by atoms with Gasteiger partial charge in [0.2, 0.25) is 5.13 Å². The molecule has 0 N–H and O–H groups in total. The Morgan fingerprint density at radius 2 is 1.73 bits per heavy atom. The molecule has 4 aromatic rings. The number of nitrogens with zero attached hydrogens (tertiary/aromatic N) is 4. The standard InChI is InChI=1S/C26H20N4O2S/c31-30(32)20-13-10-18(11-14-20)23-16-33-26(27-23)29-25(19-7-2-1-3-8-19)22-15-12-17-6-4-5-9-21(17)24(22)28-29/h1-11,13-14,16,22,25H,12,15H2/t22-,25+/m0/s1. The molecular formula is C26H20N4O2S. The third kappa shape index (κ3) is 3.41. The van der Waals surface area contributed by atoms with E-state index in [0.29, 0.717) is 5.92 Å². The maximum Gasteiger partial charge on any atom is 0.269 e. The first-order valence-corrected chi connectivity index (χ1v) is 11.8. The average Bonchev–Trinajstić information content (AvgIpc) is 3.50. The summed E-state index contributed by atoms with van der Waals surface area (Å²) in [6.45, 7) is 0. The SMILES string of the molecule is O=[N+]([O-])c1ccc(-c2csc(N3N=C4c5ccccc5CC[C@@H]4[C@H]3c3ccccc3)n2)cc1. The van der Waals surface area contributed by atoms with Gasteiger partial charge >= 0.3 is 0 Å². The number of aromatic nitrogens is 1. The van der Waals surface area contributed by atoms with Gasteiger partial charge in [0.1, 0.15) is 0 Å². The average molecular weight is 453 g/mol. The van der Waals surface area contributed by atoms with Gasteiger partial charge in [-0.2, -0.15) is 5.10 Å². The van der Waals surface area contributed by atoms with Crippen LogP contribution in [0.4, 0.5) is 10.8 Å². The van der Waals surface area contributed by atoms with Crippen molar-refractivity contribution in [1.82, 2.24) is 4.98 Å². The van der Waals surface area contributed by atoms with Gasteiger partial charge in [-0.05, 0) is 36.1 Å². The maximum absolute atomic E-state index is 11.0. The number of hydrogen-bond donors (Lipinski definition) is 0. The minimum absolute atomic E-state index is 0.0760. The number of aryl methyl sites for hydroxylation is 1. The van der Waals surface area contributed by atoms with Crippen molar-refractivity contribution in [3.63, 3.8) is 0 Å². The summed E-state index contributed by atoms with van der Waals surface area (Å²) in [7, 11) is 0. The van der Waals surface area contributed by atoms with E-state index in [1.165, 1.54) is 28.8 Å². The lowest BCUT2D eigenvalue weighted by Crippen LogP contribution is -2.28. The van der Waals surface area contributed by atoms with Crippen LogP contribution in [-0.4, -0.2) is 15.6 Å². The molecular weight excluding hydrogens is 432 g/mol. The molecule has 0 saturated heterocycles. The highest BCUT2D eigenvalue weighted by molar-refractivity contribution is 7.14. The number of anilines is 1. The van der Waals surface area contributed by atoms with E-state index < -0.39 is 0 Å². The monoisotopic (exact) mass is 452 g/mol. The molecule has 6 nitrogen and oxygen atoms in total. The number of non-ortho nitro benzene ring substituents is 1. The van der Waals surface area contributed by atoms with Gasteiger partial charge in [-0.25, -0.2) is 9.99 Å². The van der Waals surface area contributed by atoms with E-state index >= 15 is 0 Å². The summed E-state index contributed by atoms with van der Waals surface area (Å²) in [5.41, 5.74) is 6.69. The zero-order chi connectivity index (χ0) is 22.4. The van der Waals surface area contributed by atoms with E-state index in [1.807, 2.05) is 11.4 Å². The molecule has 7 heteroatoms. The maximum atomic E-state index is 11.0. The van der Waals surface area contributed by atoms with Crippen molar-refractivity contribution in [2.45, 2.75) is 18.9 Å². The van der Waals surface area contributed by atoms with E-state index in [1.54, 1.807) is 23.5 Å². The van der Waals surface area contributed by atoms with Crippen LogP contribution < -0.4 is 5.01 Å². The topological polar surface area (TPSA) is 71.6 Å². The van der Waals surface area contributed by atoms with E-state index in [2.05, 4.69) is 53.5 Å². The van der Waals surface area contributed by atoms with Crippen molar-refractivity contribution in [2.75, 3.05) is 5.01 Å². The second-order valence-corrected chi connectivity index (χ2v) is 9.14. The number of fused-ring (bicyclic) bond motifs is 3. The molecule has 3 aromatic carbocycles. The molecule has 0 spiro atoms. The summed E-state index contributed by atoms with van der Waals surface area (Å²) in [5.74, 6) is 0.300. The van der Waals surface area contributed by atoms with Gasteiger partial charge in [-0.15, -0.1) is 11.3 Å². The van der Waals surface area contributed by atoms with Crippen LogP contribution in [0.15, 0.2) is 89.3 Å². The Balaban J connectivity index is 1.41. The molecule has 1 aliphatic carbocycles. The molecule has 33 heavy (non-hydrogen) atoms. The Labute approximate surface area is 195 Å². The first-order chi connectivity index (χ1) is 16.2. The quantitative estimate of drug-likeness (QED) is 0.271. The third-order valence-electron chi connectivity index (χ3n) is 6.43. The van der Waals surface area contributed by atoms with E-state index in [4.69, 9.17) is 10.1 Å². The molecule has 0 fully saturated rings. The van der Waals surface area contributed by atoms with Crippen molar-refractivity contribution in [3.05, 3.63) is 111 Å². The fraction of sp³-hybridized carbons (Fsp3) is 0.154. The van der Waals surface area contributed by atoms with Crippen LogP contribution in [0.3, 0.4) is 0 Å². The second-order valence-electron chi connectivity index (χ2n) is 8.31. The van der Waals surface area contributed by atoms with Crippen molar-refractivity contribution in [3.8, 4) is 11.3 Å². The van der Waals surface area contributed by atoms with Gasteiger partial charge in [0.05, 0.1) is 22.4 Å². The number of rotatable bonds is 4. The summed E-state index contributed by atoms with van der Waals surface area (Å²) < 4.78 is 0. The molecule has 2 atom stereocenters. The third-order valence-corrected chi connectivity index (χ3v) is 7.26. The number of hydrazone groups is 1. The molecule has 2 heterocycles. The molecule has 162 valence electrons. The summed E-state index contributed by atoms with van der Waals surface area (Å²) >= 11 is 1.55. The summed E-state index contributed by atoms with van der Waals surface area (Å²) in [6, 6.07) is 25.7. The van der Waals surface area contributed by atoms with Gasteiger partial charge < -0.3 is 0 Å². The smallest absolute Gasteiger partial charge is 0.258 e. The Hall–Kier alpha value is -3.84. The minimum Gasteiger partial charge on any atom is -0.258 e. The molecule has 0 radical (unpaired) electrons. The molecule has 0 unspecified atom stereocenters. The summed E-state index contributed by atoms with van der Waals surface area (Å²) in [5, 5.41) is 21.0. The van der Waals surface area contributed by atoms with Crippen molar-refractivity contribution < 1.29 is 4.92 Å². The van der Waals surface area contributed by atoms with E-state index in [-0.39, 0.29) is 16.7 Å². The Morgan fingerprint density at radius 1 is 0.970 bits per heavy atom. The summed E-state index contributed by atoms with van der Waals surface area (Å²) in [4.78, 5) is 15.5. The Bertz CT molecular complexity index is 1360. The van der Waals surface area contributed by atoms with Crippen LogP contribution in [0.1, 0.15) is 29.2 Å². The highest BCUT2D eigenvalue weighted by Gasteiger charge is 2.42. The fourth-order valence-electron chi connectivity index (χ4n) is 4.86.